The van der Waals surface area contributed by atoms with Gasteiger partial charge in [-0.3, -0.25) is 0 Å². The Bertz CT molecular complexity index is 1110. The van der Waals surface area contributed by atoms with Crippen LogP contribution < -0.4 is 9.80 Å². The first kappa shape index (κ1) is 50.5. The average Bonchev–Trinajstić information content (AvgIpc) is 3.17. The number of anilines is 2. The summed E-state index contributed by atoms with van der Waals surface area (Å²) in [5.74, 6) is -0.255. The number of aryl methyl sites for hydroxylation is 4. The predicted molar refractivity (Wildman–Crippen MR) is 245 cm³/mol. The number of aliphatic hydroxyl groups is 1. The molecule has 0 fully saturated rings. The second-order valence-corrected chi connectivity index (χ2v) is 16.6. The van der Waals surface area contributed by atoms with Crippen LogP contribution in [-0.2, 0) is 0 Å². The maximum atomic E-state index is 10.8. The molecule has 0 aliphatic heterocycles. The summed E-state index contributed by atoms with van der Waals surface area (Å²) in [7, 11) is 1.00. The number of rotatable bonds is 32. The molecule has 1 N–H and O–H groups in total. The van der Waals surface area contributed by atoms with E-state index in [4.69, 9.17) is 5.11 Å². The van der Waals surface area contributed by atoms with Crippen LogP contribution in [0.3, 0.4) is 0 Å². The number of nitriles is 1. The van der Waals surface area contributed by atoms with Gasteiger partial charge in [0.2, 0.25) is 0 Å². The molecule has 0 atom stereocenters. The third-order valence-corrected chi connectivity index (χ3v) is 11.7. The predicted octanol–water partition coefficient (Wildman–Crippen LogP) is 15.2. The molecule has 0 bridgehead atoms. The van der Waals surface area contributed by atoms with E-state index in [1.807, 2.05) is 0 Å². The van der Waals surface area contributed by atoms with Crippen LogP contribution >= 0.6 is 0 Å². The quantitative estimate of drug-likeness (QED) is 0.0755. The van der Waals surface area contributed by atoms with E-state index in [-0.39, 0.29) is 5.92 Å². The Morgan fingerprint density at radius 3 is 0.855 bits per heavy atom. The van der Waals surface area contributed by atoms with Gasteiger partial charge in [-0.05, 0) is 111 Å². The first-order valence-corrected chi connectivity index (χ1v) is 23.4. The topological polar surface area (TPSA) is 50.5 Å². The summed E-state index contributed by atoms with van der Waals surface area (Å²) in [5.41, 5.74) is 10.2. The molecule has 55 heavy (non-hydrogen) atoms. The van der Waals surface area contributed by atoms with Crippen LogP contribution in [0.2, 0.25) is 0 Å². The molecular formula is C51H89N3O. The maximum Gasteiger partial charge on any atom is 0.0973 e. The van der Waals surface area contributed by atoms with Gasteiger partial charge in [0.05, 0.1) is 12.0 Å². The van der Waals surface area contributed by atoms with E-state index in [2.05, 4.69) is 95.5 Å². The van der Waals surface area contributed by atoms with Gasteiger partial charge in [-0.1, -0.05) is 156 Å². The van der Waals surface area contributed by atoms with Crippen molar-refractivity contribution in [3.63, 3.8) is 0 Å². The normalized spacial score (nSPS) is 11.1. The first-order valence-electron chi connectivity index (χ1n) is 23.4. The third kappa shape index (κ3) is 20.0. The molecule has 4 nitrogen and oxygen atoms in total. The molecule has 2 rings (SSSR count). The molecule has 314 valence electrons. The van der Waals surface area contributed by atoms with Crippen molar-refractivity contribution in [2.45, 2.75) is 215 Å². The largest absolute Gasteiger partial charge is 0.400 e. The van der Waals surface area contributed by atoms with Crippen molar-refractivity contribution < 1.29 is 5.11 Å². The minimum Gasteiger partial charge on any atom is -0.400 e. The second kappa shape index (κ2) is 32.6. The summed E-state index contributed by atoms with van der Waals surface area (Å²) < 4.78 is 0. The number of hydrogen-bond acceptors (Lipinski definition) is 4. The zero-order valence-electron chi connectivity index (χ0n) is 38.0. The van der Waals surface area contributed by atoms with Crippen molar-refractivity contribution >= 4 is 11.4 Å². The van der Waals surface area contributed by atoms with Crippen LogP contribution in [-0.4, -0.2) is 38.4 Å². The molecule has 4 heteroatoms. The van der Waals surface area contributed by atoms with Crippen molar-refractivity contribution in [3.05, 3.63) is 57.6 Å². The standard InChI is InChI=1S/C50H85N3.CH4O/c1-9-13-17-21-25-29-33-52(34-30-26-22-18-14-10-2)46-37-42(5)49(43(6)38-46)48(41-51)50-44(7)39-47(40-45(50)8)53(35-31-27-23-19-15-11-3)36-32-28-24-20-16-12-4;1-2/h37-40,48H,9-36H2,1-8H3;2H,1H3. The molecule has 0 aliphatic carbocycles. The van der Waals surface area contributed by atoms with Crippen molar-refractivity contribution in [1.82, 2.24) is 0 Å². The molecule has 0 spiro atoms. The minimum absolute atomic E-state index is 0.255. The van der Waals surface area contributed by atoms with Gasteiger partial charge in [-0.25, -0.2) is 0 Å². The van der Waals surface area contributed by atoms with E-state index in [1.165, 1.54) is 199 Å². The summed E-state index contributed by atoms with van der Waals surface area (Å²) in [6.07, 6.45) is 31.9. The molecule has 0 aromatic heterocycles. The monoisotopic (exact) mass is 760 g/mol. The van der Waals surface area contributed by atoms with E-state index >= 15 is 0 Å². The van der Waals surface area contributed by atoms with Crippen molar-refractivity contribution in [3.8, 4) is 6.07 Å². The Balaban J connectivity index is 0.00000743. The van der Waals surface area contributed by atoms with Gasteiger partial charge in [0.1, 0.15) is 0 Å². The SMILES string of the molecule is CCCCCCCCN(CCCCCCCC)c1cc(C)c(C(C#N)c2c(C)cc(N(CCCCCCCC)CCCCCCCC)cc2C)c(C)c1.CO. The van der Waals surface area contributed by atoms with E-state index in [0.717, 1.165) is 33.3 Å². The van der Waals surface area contributed by atoms with Gasteiger partial charge in [0.25, 0.3) is 0 Å². The van der Waals surface area contributed by atoms with Crippen molar-refractivity contribution in [2.75, 3.05) is 43.1 Å². The Kier molecular flexibility index (Phi) is 29.9. The fourth-order valence-corrected chi connectivity index (χ4v) is 8.52. The number of benzene rings is 2. The van der Waals surface area contributed by atoms with E-state index < -0.39 is 0 Å². The van der Waals surface area contributed by atoms with E-state index in [0.29, 0.717) is 0 Å². The maximum absolute atomic E-state index is 10.8. The fourth-order valence-electron chi connectivity index (χ4n) is 8.52. The summed E-state index contributed by atoms with van der Waals surface area (Å²) in [4.78, 5) is 5.33. The Hall–Kier alpha value is -2.51. The summed E-state index contributed by atoms with van der Waals surface area (Å²) in [6.45, 7) is 22.8. The molecule has 2 aromatic rings. The molecule has 0 saturated carbocycles. The average molecular weight is 760 g/mol. The van der Waals surface area contributed by atoms with Crippen LogP contribution in [0, 0.1) is 39.0 Å². The minimum atomic E-state index is -0.255. The van der Waals surface area contributed by atoms with Crippen LogP contribution in [0.15, 0.2) is 24.3 Å². The highest BCUT2D eigenvalue weighted by Gasteiger charge is 2.24. The molecule has 0 heterocycles. The van der Waals surface area contributed by atoms with Crippen LogP contribution in [0.5, 0.6) is 0 Å². The Morgan fingerprint density at radius 1 is 0.418 bits per heavy atom. The summed E-state index contributed by atoms with van der Waals surface area (Å²) >= 11 is 0. The van der Waals surface area contributed by atoms with Crippen LogP contribution in [0.4, 0.5) is 11.4 Å². The number of unbranched alkanes of at least 4 members (excludes halogenated alkanes) is 20. The van der Waals surface area contributed by atoms with Crippen molar-refractivity contribution in [2.24, 2.45) is 0 Å². The number of hydrogen-bond donors (Lipinski definition) is 1. The lowest BCUT2D eigenvalue weighted by Crippen LogP contribution is -2.26. The molecule has 0 amide bonds. The Labute approximate surface area is 342 Å². The van der Waals surface area contributed by atoms with Gasteiger partial charge in [0.15, 0.2) is 0 Å². The lowest BCUT2D eigenvalue weighted by molar-refractivity contribution is 0.399. The molecule has 0 saturated heterocycles. The van der Waals surface area contributed by atoms with Gasteiger partial charge >= 0.3 is 0 Å². The van der Waals surface area contributed by atoms with Crippen molar-refractivity contribution in [1.29, 1.82) is 5.26 Å². The van der Waals surface area contributed by atoms with Gasteiger partial charge in [-0.15, -0.1) is 0 Å². The van der Waals surface area contributed by atoms with Crippen LogP contribution in [0.1, 0.15) is 221 Å². The fraction of sp³-hybridized carbons (Fsp3) is 0.745. The lowest BCUT2D eigenvalue weighted by Gasteiger charge is -2.29. The third-order valence-electron chi connectivity index (χ3n) is 11.7. The zero-order valence-corrected chi connectivity index (χ0v) is 38.0. The van der Waals surface area contributed by atoms with E-state index in [1.54, 1.807) is 0 Å². The van der Waals surface area contributed by atoms with Gasteiger partial charge in [-0.2, -0.15) is 5.26 Å². The van der Waals surface area contributed by atoms with Gasteiger partial charge in [0, 0.05) is 44.7 Å². The molecule has 0 radical (unpaired) electrons. The van der Waals surface area contributed by atoms with Crippen LogP contribution in [0.25, 0.3) is 0 Å². The molecule has 0 unspecified atom stereocenters. The summed E-state index contributed by atoms with van der Waals surface area (Å²) in [5, 5.41) is 17.8. The molecular weight excluding hydrogens is 671 g/mol. The first-order chi connectivity index (χ1) is 26.8. The van der Waals surface area contributed by atoms with Gasteiger partial charge < -0.3 is 14.9 Å². The number of nitrogens with zero attached hydrogens (tertiary/aromatic N) is 3. The zero-order chi connectivity index (χ0) is 40.7. The highest BCUT2D eigenvalue weighted by Crippen LogP contribution is 2.38. The highest BCUT2D eigenvalue weighted by molar-refractivity contribution is 5.62. The molecule has 2 aromatic carbocycles. The second-order valence-electron chi connectivity index (χ2n) is 16.6. The lowest BCUT2D eigenvalue weighted by atomic mass is 9.82. The van der Waals surface area contributed by atoms with E-state index in [9.17, 15) is 5.26 Å². The Morgan fingerprint density at radius 2 is 0.636 bits per heavy atom. The highest BCUT2D eigenvalue weighted by atomic mass is 16.2. The summed E-state index contributed by atoms with van der Waals surface area (Å²) in [6, 6.07) is 12.4. The number of aliphatic hydroxyl groups excluding tert-OH is 1. The molecule has 0 aliphatic rings. The smallest absolute Gasteiger partial charge is 0.0973 e.